The first kappa shape index (κ1) is 16.8. The van der Waals surface area contributed by atoms with Gasteiger partial charge in [-0.15, -0.1) is 0 Å². The van der Waals surface area contributed by atoms with Gasteiger partial charge in [-0.1, -0.05) is 19.1 Å². The molecule has 7 nitrogen and oxygen atoms in total. The summed E-state index contributed by atoms with van der Waals surface area (Å²) in [5.41, 5.74) is 1.30. The molecular weight excluding hydrogens is 318 g/mol. The number of amides is 1. The van der Waals surface area contributed by atoms with Gasteiger partial charge in [-0.25, -0.2) is 9.67 Å². The normalized spacial score (nSPS) is 11.9. The fourth-order valence-corrected chi connectivity index (χ4v) is 2.59. The molecule has 0 aliphatic rings. The van der Waals surface area contributed by atoms with E-state index in [1.165, 1.54) is 0 Å². The fourth-order valence-electron chi connectivity index (χ4n) is 2.59. The van der Waals surface area contributed by atoms with Crippen molar-refractivity contribution >= 4 is 5.91 Å². The van der Waals surface area contributed by atoms with Crippen molar-refractivity contribution in [2.45, 2.75) is 25.9 Å². The minimum atomic E-state index is -0.145. The maximum Gasteiger partial charge on any atom is 0.254 e. The maximum absolute atomic E-state index is 12.5. The van der Waals surface area contributed by atoms with E-state index >= 15 is 0 Å². The number of ether oxygens (including phenoxy) is 1. The Kier molecular flexibility index (Phi) is 5.13. The molecule has 1 aromatic carbocycles. The SMILES string of the molecule is CCC(Cn1ccnc1)NC(=O)c1cnn(-c2ccccc2OC)c1. The molecule has 1 amide bonds. The first-order valence-corrected chi connectivity index (χ1v) is 8.16. The van der Waals surface area contributed by atoms with Crippen LogP contribution in [0.15, 0.2) is 55.4 Å². The Balaban J connectivity index is 1.71. The van der Waals surface area contributed by atoms with Crippen molar-refractivity contribution in [1.29, 1.82) is 0 Å². The van der Waals surface area contributed by atoms with E-state index in [1.54, 1.807) is 36.7 Å². The largest absolute Gasteiger partial charge is 0.494 e. The number of imidazole rings is 1. The number of carbonyl (C=O) groups is 1. The predicted octanol–water partition coefficient (Wildman–Crippen LogP) is 2.29. The molecule has 1 atom stereocenters. The van der Waals surface area contributed by atoms with E-state index < -0.39 is 0 Å². The summed E-state index contributed by atoms with van der Waals surface area (Å²) in [6, 6.07) is 7.56. The zero-order chi connectivity index (χ0) is 17.6. The number of para-hydroxylation sites is 2. The highest BCUT2D eigenvalue weighted by Crippen LogP contribution is 2.21. The van der Waals surface area contributed by atoms with Crippen LogP contribution < -0.4 is 10.1 Å². The number of benzene rings is 1. The lowest BCUT2D eigenvalue weighted by Crippen LogP contribution is -2.37. The van der Waals surface area contributed by atoms with Gasteiger partial charge in [0, 0.05) is 31.2 Å². The van der Waals surface area contributed by atoms with E-state index in [1.807, 2.05) is 42.0 Å². The van der Waals surface area contributed by atoms with Crippen LogP contribution in [0.4, 0.5) is 0 Å². The Morgan fingerprint density at radius 1 is 1.36 bits per heavy atom. The van der Waals surface area contributed by atoms with Crippen molar-refractivity contribution in [2.24, 2.45) is 0 Å². The number of carbonyl (C=O) groups excluding carboxylic acids is 1. The number of nitrogens with zero attached hydrogens (tertiary/aromatic N) is 4. The summed E-state index contributed by atoms with van der Waals surface area (Å²) in [6.07, 6.45) is 9.45. The van der Waals surface area contributed by atoms with E-state index in [4.69, 9.17) is 4.74 Å². The Bertz CT molecular complexity index is 826. The summed E-state index contributed by atoms with van der Waals surface area (Å²) in [4.78, 5) is 16.5. The van der Waals surface area contributed by atoms with Gasteiger partial charge in [-0.3, -0.25) is 4.79 Å². The van der Waals surface area contributed by atoms with Crippen LogP contribution >= 0.6 is 0 Å². The van der Waals surface area contributed by atoms with Gasteiger partial charge in [-0.05, 0) is 18.6 Å². The van der Waals surface area contributed by atoms with E-state index in [2.05, 4.69) is 15.4 Å². The van der Waals surface area contributed by atoms with Crippen molar-refractivity contribution in [3.63, 3.8) is 0 Å². The molecule has 25 heavy (non-hydrogen) atoms. The number of nitrogens with one attached hydrogen (secondary N) is 1. The van der Waals surface area contributed by atoms with Crippen LogP contribution in [0.5, 0.6) is 5.75 Å². The molecule has 0 saturated carbocycles. The Hall–Kier alpha value is -3.09. The Morgan fingerprint density at radius 2 is 2.20 bits per heavy atom. The van der Waals surface area contributed by atoms with E-state index in [0.717, 1.165) is 12.1 Å². The number of methoxy groups -OCH3 is 1. The van der Waals surface area contributed by atoms with E-state index in [-0.39, 0.29) is 11.9 Å². The molecule has 3 rings (SSSR count). The van der Waals surface area contributed by atoms with Crippen molar-refractivity contribution in [1.82, 2.24) is 24.6 Å². The molecule has 0 bridgehead atoms. The molecule has 130 valence electrons. The fraction of sp³-hybridized carbons (Fsp3) is 0.278. The van der Waals surface area contributed by atoms with Crippen molar-refractivity contribution in [2.75, 3.05) is 7.11 Å². The summed E-state index contributed by atoms with van der Waals surface area (Å²) in [6.45, 7) is 2.73. The lowest BCUT2D eigenvalue weighted by atomic mass is 10.2. The number of hydrogen-bond acceptors (Lipinski definition) is 4. The number of hydrogen-bond donors (Lipinski definition) is 1. The smallest absolute Gasteiger partial charge is 0.254 e. The van der Waals surface area contributed by atoms with Crippen molar-refractivity contribution in [3.8, 4) is 11.4 Å². The lowest BCUT2D eigenvalue weighted by molar-refractivity contribution is 0.0932. The van der Waals surface area contributed by atoms with Gasteiger partial charge in [0.15, 0.2) is 0 Å². The standard InChI is InChI=1S/C18H21N5O2/c1-3-15(12-22-9-8-19-13-22)21-18(24)14-10-20-23(11-14)16-6-4-5-7-17(16)25-2/h4-11,13,15H,3,12H2,1-2H3,(H,21,24). The van der Waals surface area contributed by atoms with Crippen LogP contribution in [-0.2, 0) is 6.54 Å². The predicted molar refractivity (Wildman–Crippen MR) is 93.9 cm³/mol. The molecule has 0 aliphatic heterocycles. The van der Waals surface area contributed by atoms with Crippen LogP contribution in [-0.4, -0.2) is 38.4 Å². The van der Waals surface area contributed by atoms with Crippen LogP contribution in [0.25, 0.3) is 5.69 Å². The second-order valence-electron chi connectivity index (χ2n) is 5.68. The first-order chi connectivity index (χ1) is 12.2. The third-order valence-electron chi connectivity index (χ3n) is 4.00. The molecule has 3 aromatic rings. The third kappa shape index (κ3) is 3.88. The monoisotopic (exact) mass is 339 g/mol. The topological polar surface area (TPSA) is 74.0 Å². The summed E-state index contributed by atoms with van der Waals surface area (Å²) in [7, 11) is 1.61. The van der Waals surface area contributed by atoms with Gasteiger partial charge in [-0.2, -0.15) is 5.10 Å². The van der Waals surface area contributed by atoms with Crippen LogP contribution in [0, 0.1) is 0 Å². The molecule has 0 saturated heterocycles. The van der Waals surface area contributed by atoms with Crippen molar-refractivity contribution in [3.05, 3.63) is 60.9 Å². The molecule has 0 radical (unpaired) electrons. The van der Waals surface area contributed by atoms with E-state index in [0.29, 0.717) is 17.9 Å². The summed E-state index contributed by atoms with van der Waals surface area (Å²) < 4.78 is 8.93. The molecule has 1 unspecified atom stereocenters. The van der Waals surface area contributed by atoms with Crippen molar-refractivity contribution < 1.29 is 9.53 Å². The van der Waals surface area contributed by atoms with Gasteiger partial charge >= 0.3 is 0 Å². The summed E-state index contributed by atoms with van der Waals surface area (Å²) >= 11 is 0. The van der Waals surface area contributed by atoms with Crippen LogP contribution in [0.2, 0.25) is 0 Å². The molecule has 2 heterocycles. The average molecular weight is 339 g/mol. The molecule has 0 aliphatic carbocycles. The Morgan fingerprint density at radius 3 is 2.92 bits per heavy atom. The highest BCUT2D eigenvalue weighted by Gasteiger charge is 2.15. The van der Waals surface area contributed by atoms with Crippen LogP contribution in [0.3, 0.4) is 0 Å². The number of aromatic nitrogens is 4. The van der Waals surface area contributed by atoms with Gasteiger partial charge < -0.3 is 14.6 Å². The Labute approximate surface area is 146 Å². The average Bonchev–Trinajstić information content (AvgIpc) is 3.32. The van der Waals surface area contributed by atoms with Gasteiger partial charge in [0.05, 0.1) is 25.2 Å². The lowest BCUT2D eigenvalue weighted by Gasteiger charge is -2.16. The van der Waals surface area contributed by atoms with Gasteiger partial charge in [0.1, 0.15) is 11.4 Å². The molecule has 2 aromatic heterocycles. The van der Waals surface area contributed by atoms with Gasteiger partial charge in [0.2, 0.25) is 0 Å². The van der Waals surface area contributed by atoms with Gasteiger partial charge in [0.25, 0.3) is 5.91 Å². The molecule has 0 spiro atoms. The molecular formula is C18H21N5O2. The summed E-state index contributed by atoms with van der Waals surface area (Å²) in [5.74, 6) is 0.553. The third-order valence-corrected chi connectivity index (χ3v) is 4.00. The second kappa shape index (κ2) is 7.65. The quantitative estimate of drug-likeness (QED) is 0.717. The first-order valence-electron chi connectivity index (χ1n) is 8.16. The molecule has 0 fully saturated rings. The second-order valence-corrected chi connectivity index (χ2v) is 5.68. The highest BCUT2D eigenvalue weighted by molar-refractivity contribution is 5.94. The highest BCUT2D eigenvalue weighted by atomic mass is 16.5. The minimum Gasteiger partial charge on any atom is -0.494 e. The zero-order valence-electron chi connectivity index (χ0n) is 14.3. The van der Waals surface area contributed by atoms with Crippen LogP contribution in [0.1, 0.15) is 23.7 Å². The number of rotatable bonds is 7. The molecule has 1 N–H and O–H groups in total. The minimum absolute atomic E-state index is 0.0244. The van der Waals surface area contributed by atoms with E-state index in [9.17, 15) is 4.79 Å². The maximum atomic E-state index is 12.5. The molecule has 7 heteroatoms. The zero-order valence-corrected chi connectivity index (χ0v) is 14.3. The summed E-state index contributed by atoms with van der Waals surface area (Å²) in [5, 5.41) is 7.33.